The lowest BCUT2D eigenvalue weighted by molar-refractivity contribution is 0.139. The van der Waals surface area contributed by atoms with Crippen LogP contribution in [0, 0.1) is 11.3 Å². The van der Waals surface area contributed by atoms with Gasteiger partial charge in [0.2, 0.25) is 0 Å². The van der Waals surface area contributed by atoms with Crippen molar-refractivity contribution in [2.24, 2.45) is 11.3 Å². The predicted octanol–water partition coefficient (Wildman–Crippen LogP) is 3.84. The van der Waals surface area contributed by atoms with Gasteiger partial charge in [-0.1, -0.05) is 27.7 Å². The summed E-state index contributed by atoms with van der Waals surface area (Å²) in [6.45, 7) is 11.8. The molecule has 0 aromatic carbocycles. The van der Waals surface area contributed by atoms with Crippen LogP contribution in [0.2, 0.25) is 0 Å². The minimum absolute atomic E-state index is 0.570. The van der Waals surface area contributed by atoms with Gasteiger partial charge in [-0.3, -0.25) is 4.90 Å². The SMILES string of the molecule is CCC(CC)N(CC(C)C)CC1(CS)CC1. The first-order valence-electron chi connectivity index (χ1n) is 6.91. The third-order valence-electron chi connectivity index (χ3n) is 3.89. The van der Waals surface area contributed by atoms with Crippen molar-refractivity contribution in [2.75, 3.05) is 18.8 Å². The topological polar surface area (TPSA) is 3.24 Å². The highest BCUT2D eigenvalue weighted by Crippen LogP contribution is 2.47. The summed E-state index contributed by atoms with van der Waals surface area (Å²) in [6.07, 6.45) is 5.36. The first-order valence-corrected chi connectivity index (χ1v) is 7.55. The van der Waals surface area contributed by atoms with E-state index < -0.39 is 0 Å². The Morgan fingerprint density at radius 1 is 1.19 bits per heavy atom. The molecule has 0 aliphatic heterocycles. The lowest BCUT2D eigenvalue weighted by Crippen LogP contribution is -2.41. The van der Waals surface area contributed by atoms with Gasteiger partial charge in [-0.15, -0.1) is 0 Å². The third kappa shape index (κ3) is 3.96. The molecule has 0 radical (unpaired) electrons. The van der Waals surface area contributed by atoms with Crippen molar-refractivity contribution in [3.05, 3.63) is 0 Å². The molecule has 1 aliphatic rings. The number of hydrogen-bond donors (Lipinski definition) is 1. The zero-order valence-corrected chi connectivity index (χ0v) is 12.4. The van der Waals surface area contributed by atoms with Crippen LogP contribution in [0.1, 0.15) is 53.4 Å². The molecule has 16 heavy (non-hydrogen) atoms. The van der Waals surface area contributed by atoms with Crippen LogP contribution in [0.5, 0.6) is 0 Å². The molecule has 0 amide bonds. The minimum Gasteiger partial charge on any atom is -0.300 e. The van der Waals surface area contributed by atoms with Gasteiger partial charge in [-0.25, -0.2) is 0 Å². The fraction of sp³-hybridized carbons (Fsp3) is 1.00. The van der Waals surface area contributed by atoms with E-state index in [1.807, 2.05) is 0 Å². The summed E-state index contributed by atoms with van der Waals surface area (Å²) in [7, 11) is 0. The van der Waals surface area contributed by atoms with E-state index >= 15 is 0 Å². The fourth-order valence-electron chi connectivity index (χ4n) is 2.59. The molecule has 1 rings (SSSR count). The molecule has 0 saturated heterocycles. The molecule has 2 heteroatoms. The van der Waals surface area contributed by atoms with E-state index in [1.54, 1.807) is 0 Å². The van der Waals surface area contributed by atoms with Gasteiger partial charge >= 0.3 is 0 Å². The Morgan fingerprint density at radius 2 is 1.75 bits per heavy atom. The average molecular weight is 243 g/mol. The molecule has 0 bridgehead atoms. The molecule has 0 aromatic rings. The molecular weight excluding hydrogens is 214 g/mol. The van der Waals surface area contributed by atoms with E-state index in [-0.39, 0.29) is 0 Å². The lowest BCUT2D eigenvalue weighted by atomic mass is 10.0. The number of hydrogen-bond acceptors (Lipinski definition) is 2. The zero-order chi connectivity index (χ0) is 12.2. The summed E-state index contributed by atoms with van der Waals surface area (Å²) in [5.41, 5.74) is 0.570. The Kier molecular flexibility index (Phi) is 5.66. The van der Waals surface area contributed by atoms with Crippen LogP contribution in [0.4, 0.5) is 0 Å². The van der Waals surface area contributed by atoms with Crippen molar-refractivity contribution in [2.45, 2.75) is 59.4 Å². The van der Waals surface area contributed by atoms with Gasteiger partial charge in [0.1, 0.15) is 0 Å². The Balaban J connectivity index is 2.55. The van der Waals surface area contributed by atoms with Crippen molar-refractivity contribution in [3.8, 4) is 0 Å². The summed E-state index contributed by atoms with van der Waals surface area (Å²) in [5, 5.41) is 0. The van der Waals surface area contributed by atoms with E-state index in [1.165, 1.54) is 38.8 Å². The molecule has 0 unspecified atom stereocenters. The van der Waals surface area contributed by atoms with Crippen LogP contribution in [0.25, 0.3) is 0 Å². The Bertz CT molecular complexity index is 195. The Morgan fingerprint density at radius 3 is 2.06 bits per heavy atom. The Hall–Kier alpha value is 0.310. The van der Waals surface area contributed by atoms with Crippen molar-refractivity contribution in [3.63, 3.8) is 0 Å². The maximum absolute atomic E-state index is 4.53. The monoisotopic (exact) mass is 243 g/mol. The summed E-state index contributed by atoms with van der Waals surface area (Å²) < 4.78 is 0. The summed E-state index contributed by atoms with van der Waals surface area (Å²) in [4.78, 5) is 2.73. The smallest absolute Gasteiger partial charge is 0.00903 e. The molecule has 1 aliphatic carbocycles. The largest absolute Gasteiger partial charge is 0.300 e. The van der Waals surface area contributed by atoms with Crippen LogP contribution in [0.3, 0.4) is 0 Å². The van der Waals surface area contributed by atoms with Crippen LogP contribution >= 0.6 is 12.6 Å². The summed E-state index contributed by atoms with van der Waals surface area (Å²) >= 11 is 4.53. The van der Waals surface area contributed by atoms with Crippen molar-refractivity contribution >= 4 is 12.6 Å². The van der Waals surface area contributed by atoms with Gasteiger partial charge in [0.05, 0.1) is 0 Å². The van der Waals surface area contributed by atoms with E-state index in [9.17, 15) is 0 Å². The van der Waals surface area contributed by atoms with E-state index in [2.05, 4.69) is 45.2 Å². The first-order chi connectivity index (χ1) is 7.56. The average Bonchev–Trinajstić information content (AvgIpc) is 2.99. The standard InChI is InChI=1S/C14H29NS/c1-5-13(6-2)15(9-12(3)4)10-14(11-16)7-8-14/h12-13,16H,5-11H2,1-4H3. The predicted molar refractivity (Wildman–Crippen MR) is 76.3 cm³/mol. The van der Waals surface area contributed by atoms with E-state index in [0.29, 0.717) is 5.41 Å². The normalized spacial score (nSPS) is 18.8. The molecule has 0 N–H and O–H groups in total. The van der Waals surface area contributed by atoms with Crippen molar-refractivity contribution < 1.29 is 0 Å². The summed E-state index contributed by atoms with van der Waals surface area (Å²) in [5.74, 6) is 1.85. The quantitative estimate of drug-likeness (QED) is 0.634. The van der Waals surface area contributed by atoms with Crippen LogP contribution in [-0.4, -0.2) is 29.8 Å². The third-order valence-corrected chi connectivity index (χ3v) is 4.56. The van der Waals surface area contributed by atoms with Crippen LogP contribution in [0.15, 0.2) is 0 Å². The first kappa shape index (κ1) is 14.4. The lowest BCUT2D eigenvalue weighted by Gasteiger charge is -2.34. The molecule has 96 valence electrons. The van der Waals surface area contributed by atoms with Gasteiger partial charge in [0.15, 0.2) is 0 Å². The molecule has 0 aromatic heterocycles. The van der Waals surface area contributed by atoms with E-state index in [0.717, 1.165) is 17.7 Å². The zero-order valence-electron chi connectivity index (χ0n) is 11.5. The highest BCUT2D eigenvalue weighted by molar-refractivity contribution is 7.80. The second-order valence-electron chi connectivity index (χ2n) is 5.95. The number of rotatable bonds is 8. The molecule has 0 atom stereocenters. The summed E-state index contributed by atoms with van der Waals surface area (Å²) in [6, 6.07) is 0.778. The maximum Gasteiger partial charge on any atom is 0.00903 e. The van der Waals surface area contributed by atoms with E-state index in [4.69, 9.17) is 0 Å². The van der Waals surface area contributed by atoms with Gasteiger partial charge in [0, 0.05) is 19.1 Å². The second-order valence-corrected chi connectivity index (χ2v) is 6.27. The van der Waals surface area contributed by atoms with Crippen LogP contribution < -0.4 is 0 Å². The molecule has 1 fully saturated rings. The fourth-order valence-corrected chi connectivity index (χ4v) is 3.01. The van der Waals surface area contributed by atoms with Crippen LogP contribution in [-0.2, 0) is 0 Å². The molecule has 1 nitrogen and oxygen atoms in total. The number of thiol groups is 1. The molecular formula is C14H29NS. The second kappa shape index (κ2) is 6.30. The Labute approximate surface area is 107 Å². The van der Waals surface area contributed by atoms with Gasteiger partial charge < -0.3 is 0 Å². The molecule has 0 heterocycles. The van der Waals surface area contributed by atoms with Gasteiger partial charge in [0.25, 0.3) is 0 Å². The van der Waals surface area contributed by atoms with Crippen molar-refractivity contribution in [1.29, 1.82) is 0 Å². The van der Waals surface area contributed by atoms with Crippen molar-refractivity contribution in [1.82, 2.24) is 4.90 Å². The molecule has 1 saturated carbocycles. The minimum atomic E-state index is 0.570. The molecule has 0 spiro atoms. The van der Waals surface area contributed by atoms with Gasteiger partial charge in [-0.05, 0) is 42.8 Å². The highest BCUT2D eigenvalue weighted by Gasteiger charge is 2.43. The van der Waals surface area contributed by atoms with Gasteiger partial charge in [-0.2, -0.15) is 12.6 Å². The number of nitrogens with zero attached hydrogens (tertiary/aromatic N) is 1. The maximum atomic E-state index is 4.53. The highest BCUT2D eigenvalue weighted by atomic mass is 32.1.